The van der Waals surface area contributed by atoms with Gasteiger partial charge in [-0.3, -0.25) is 9.10 Å². The Kier molecular flexibility index (Phi) is 6.97. The van der Waals surface area contributed by atoms with E-state index in [1.165, 1.54) is 44.6 Å². The maximum atomic E-state index is 14.3. The number of methoxy groups -OCH3 is 2. The zero-order valence-electron chi connectivity index (χ0n) is 17.9. The van der Waals surface area contributed by atoms with Crippen LogP contribution < -0.4 is 19.1 Å². The molecule has 0 saturated heterocycles. The highest BCUT2D eigenvalue weighted by molar-refractivity contribution is 7.92. The topological polar surface area (TPSA) is 84.9 Å². The summed E-state index contributed by atoms with van der Waals surface area (Å²) < 4.78 is 51.1. The molecule has 0 aromatic heterocycles. The molecule has 0 atom stereocenters. The summed E-state index contributed by atoms with van der Waals surface area (Å²) in [5, 5.41) is 2.82. The Balaban J connectivity index is 2.71. The van der Waals surface area contributed by atoms with Crippen LogP contribution in [-0.2, 0) is 16.6 Å². The summed E-state index contributed by atoms with van der Waals surface area (Å²) in [6.45, 7) is 5.12. The van der Waals surface area contributed by atoms with Crippen LogP contribution in [-0.4, -0.2) is 40.3 Å². The highest BCUT2D eigenvalue weighted by Crippen LogP contribution is 2.37. The lowest BCUT2D eigenvalue weighted by molar-refractivity contribution is 0.0920. The summed E-state index contributed by atoms with van der Waals surface area (Å²) in [4.78, 5) is 13.0. The predicted octanol–water partition coefficient (Wildman–Crippen LogP) is 3.34. The summed E-state index contributed by atoms with van der Waals surface area (Å²) in [6, 6.07) is 8.68. The van der Waals surface area contributed by atoms with Gasteiger partial charge in [0.1, 0.15) is 5.82 Å². The van der Waals surface area contributed by atoms with Crippen LogP contribution in [0.15, 0.2) is 36.4 Å². The number of carbonyl (C=O) groups excluding carboxylic acids is 1. The van der Waals surface area contributed by atoms with Crippen LogP contribution in [0.1, 0.15) is 36.7 Å². The van der Waals surface area contributed by atoms with E-state index in [2.05, 4.69) is 5.32 Å². The lowest BCUT2D eigenvalue weighted by Gasteiger charge is -2.28. The van der Waals surface area contributed by atoms with Gasteiger partial charge >= 0.3 is 0 Å². The van der Waals surface area contributed by atoms with Crippen LogP contribution >= 0.6 is 0 Å². The number of rotatable bonds is 7. The van der Waals surface area contributed by atoms with Crippen molar-refractivity contribution in [2.24, 2.45) is 0 Å². The molecule has 0 bridgehead atoms. The van der Waals surface area contributed by atoms with Crippen molar-refractivity contribution >= 4 is 21.6 Å². The molecule has 0 spiro atoms. The number of amides is 1. The lowest BCUT2D eigenvalue weighted by Crippen LogP contribution is -2.41. The molecule has 2 aromatic rings. The van der Waals surface area contributed by atoms with Crippen LogP contribution in [0.5, 0.6) is 11.5 Å². The maximum Gasteiger partial charge on any atom is 0.253 e. The molecule has 9 heteroatoms. The number of nitrogens with one attached hydrogen (secondary N) is 1. The third-order valence-electron chi connectivity index (χ3n) is 4.18. The van der Waals surface area contributed by atoms with E-state index in [-0.39, 0.29) is 34.9 Å². The SMILES string of the molecule is COc1cc(C(=O)NC(C)(C)C)c(N(Cc2ccccc2F)S(C)(=O)=O)cc1OC. The average molecular weight is 439 g/mol. The van der Waals surface area contributed by atoms with Gasteiger partial charge in [-0.2, -0.15) is 0 Å². The van der Waals surface area contributed by atoms with E-state index < -0.39 is 27.3 Å². The second-order valence-electron chi connectivity index (χ2n) is 7.79. The van der Waals surface area contributed by atoms with Crippen molar-refractivity contribution < 1.29 is 27.1 Å². The number of ether oxygens (including phenoxy) is 2. The molecule has 0 saturated carbocycles. The van der Waals surface area contributed by atoms with Gasteiger partial charge < -0.3 is 14.8 Å². The van der Waals surface area contributed by atoms with Gasteiger partial charge in [0.15, 0.2) is 11.5 Å². The van der Waals surface area contributed by atoms with Gasteiger partial charge in [-0.05, 0) is 32.9 Å². The number of nitrogens with zero attached hydrogens (tertiary/aromatic N) is 1. The Morgan fingerprint density at radius 2 is 1.67 bits per heavy atom. The number of anilines is 1. The monoisotopic (exact) mass is 438 g/mol. The number of hydrogen-bond acceptors (Lipinski definition) is 5. The molecule has 30 heavy (non-hydrogen) atoms. The molecule has 0 unspecified atom stereocenters. The van der Waals surface area contributed by atoms with Gasteiger partial charge in [-0.15, -0.1) is 0 Å². The lowest BCUT2D eigenvalue weighted by atomic mass is 10.1. The van der Waals surface area contributed by atoms with Crippen LogP contribution in [0.25, 0.3) is 0 Å². The number of sulfonamides is 1. The van der Waals surface area contributed by atoms with E-state index in [1.54, 1.807) is 26.8 Å². The van der Waals surface area contributed by atoms with Crippen molar-refractivity contribution in [3.63, 3.8) is 0 Å². The summed E-state index contributed by atoms with van der Waals surface area (Å²) in [5.41, 5.74) is -0.285. The molecule has 1 amide bonds. The zero-order valence-corrected chi connectivity index (χ0v) is 18.8. The molecule has 0 fully saturated rings. The van der Waals surface area contributed by atoms with Crippen LogP contribution in [0, 0.1) is 5.82 Å². The Morgan fingerprint density at radius 3 is 2.17 bits per heavy atom. The average Bonchev–Trinajstić information content (AvgIpc) is 2.64. The van der Waals surface area contributed by atoms with Crippen molar-refractivity contribution in [1.29, 1.82) is 0 Å². The third kappa shape index (κ3) is 5.63. The Hall–Kier alpha value is -2.81. The van der Waals surface area contributed by atoms with Gasteiger partial charge in [0, 0.05) is 17.2 Å². The Morgan fingerprint density at radius 1 is 1.10 bits per heavy atom. The number of hydrogen-bond donors (Lipinski definition) is 1. The van der Waals surface area contributed by atoms with E-state index in [9.17, 15) is 17.6 Å². The minimum Gasteiger partial charge on any atom is -0.493 e. The Bertz CT molecular complexity index is 1030. The quantitative estimate of drug-likeness (QED) is 0.717. The van der Waals surface area contributed by atoms with E-state index in [4.69, 9.17) is 9.47 Å². The molecular weight excluding hydrogens is 411 g/mol. The standard InChI is InChI=1S/C21H27FN2O5S/c1-21(2,3)23-20(25)15-11-18(28-4)19(29-5)12-17(15)24(30(6,26)27)13-14-9-7-8-10-16(14)22/h7-12H,13H2,1-6H3,(H,23,25). The fourth-order valence-corrected chi connectivity index (χ4v) is 3.71. The first-order valence-electron chi connectivity index (χ1n) is 9.17. The van der Waals surface area contributed by atoms with Crippen LogP contribution in [0.3, 0.4) is 0 Å². The van der Waals surface area contributed by atoms with Gasteiger partial charge in [-0.1, -0.05) is 18.2 Å². The molecule has 164 valence electrons. The molecule has 1 N–H and O–H groups in total. The van der Waals surface area contributed by atoms with Gasteiger partial charge in [-0.25, -0.2) is 12.8 Å². The molecule has 0 aliphatic heterocycles. The molecule has 0 aliphatic rings. The zero-order chi connectivity index (χ0) is 22.7. The van der Waals surface area contributed by atoms with Crippen LogP contribution in [0.4, 0.5) is 10.1 Å². The van der Waals surface area contributed by atoms with E-state index in [0.29, 0.717) is 0 Å². The number of halogens is 1. The maximum absolute atomic E-state index is 14.3. The summed E-state index contributed by atoms with van der Waals surface area (Å²) in [7, 11) is -1.07. The van der Waals surface area contributed by atoms with Crippen molar-refractivity contribution in [3.05, 3.63) is 53.3 Å². The Labute approximate surface area is 176 Å². The van der Waals surface area contributed by atoms with E-state index in [0.717, 1.165) is 10.6 Å². The van der Waals surface area contributed by atoms with Crippen molar-refractivity contribution in [1.82, 2.24) is 5.32 Å². The largest absolute Gasteiger partial charge is 0.493 e. The molecule has 2 rings (SSSR count). The summed E-state index contributed by atoms with van der Waals surface area (Å²) in [6.07, 6.45) is 0.996. The van der Waals surface area contributed by atoms with Gasteiger partial charge in [0.25, 0.3) is 5.91 Å². The smallest absolute Gasteiger partial charge is 0.253 e. The fraction of sp³-hybridized carbons (Fsp3) is 0.381. The first-order valence-corrected chi connectivity index (χ1v) is 11.0. The van der Waals surface area contributed by atoms with E-state index >= 15 is 0 Å². The van der Waals surface area contributed by atoms with Gasteiger partial charge in [0.2, 0.25) is 10.0 Å². The molecular formula is C21H27FN2O5S. The van der Waals surface area contributed by atoms with Crippen molar-refractivity contribution in [2.75, 3.05) is 24.8 Å². The third-order valence-corrected chi connectivity index (χ3v) is 5.30. The first kappa shape index (κ1) is 23.5. The molecule has 0 radical (unpaired) electrons. The molecule has 2 aromatic carbocycles. The second kappa shape index (κ2) is 8.91. The highest BCUT2D eigenvalue weighted by Gasteiger charge is 2.28. The van der Waals surface area contributed by atoms with Crippen molar-refractivity contribution in [2.45, 2.75) is 32.9 Å². The normalized spacial score (nSPS) is 11.7. The number of carbonyl (C=O) groups is 1. The van der Waals surface area contributed by atoms with Crippen LogP contribution in [0.2, 0.25) is 0 Å². The summed E-state index contributed by atoms with van der Waals surface area (Å²) in [5.74, 6) is -0.547. The fourth-order valence-electron chi connectivity index (χ4n) is 2.83. The van der Waals surface area contributed by atoms with Gasteiger partial charge in [0.05, 0.1) is 38.3 Å². The minimum absolute atomic E-state index is 0.0557. The van der Waals surface area contributed by atoms with Crippen molar-refractivity contribution in [3.8, 4) is 11.5 Å². The number of benzene rings is 2. The first-order chi connectivity index (χ1) is 13.9. The highest BCUT2D eigenvalue weighted by atomic mass is 32.2. The predicted molar refractivity (Wildman–Crippen MR) is 114 cm³/mol. The molecule has 0 heterocycles. The minimum atomic E-state index is -3.89. The molecule has 0 aliphatic carbocycles. The van der Waals surface area contributed by atoms with E-state index in [1.807, 2.05) is 0 Å². The second-order valence-corrected chi connectivity index (χ2v) is 9.70. The summed E-state index contributed by atoms with van der Waals surface area (Å²) >= 11 is 0. The molecule has 7 nitrogen and oxygen atoms in total.